The van der Waals surface area contributed by atoms with Crippen LogP contribution < -0.4 is 5.32 Å². The lowest BCUT2D eigenvalue weighted by Gasteiger charge is -2.35. The molecule has 276 valence electrons. The van der Waals surface area contributed by atoms with Gasteiger partial charge in [0.25, 0.3) is 0 Å². The van der Waals surface area contributed by atoms with Crippen LogP contribution >= 0.6 is 11.3 Å². The lowest BCUT2D eigenvalue weighted by molar-refractivity contribution is -0.124. The first-order valence-electron chi connectivity index (χ1n) is 17.9. The van der Waals surface area contributed by atoms with Gasteiger partial charge in [-0.15, -0.1) is 16.4 Å². The van der Waals surface area contributed by atoms with E-state index in [0.29, 0.717) is 31.0 Å². The molecule has 4 heterocycles. The minimum Gasteiger partial charge on any atom is -0.293 e. The van der Waals surface area contributed by atoms with Crippen LogP contribution in [0.25, 0.3) is 11.0 Å². The molecule has 1 aliphatic heterocycles. The van der Waals surface area contributed by atoms with E-state index in [0.717, 1.165) is 55.8 Å². The highest BCUT2D eigenvalue weighted by Crippen LogP contribution is 2.45. The third-order valence-electron chi connectivity index (χ3n) is 10.6. The molecule has 3 aromatic carbocycles. The first kappa shape index (κ1) is 36.5. The summed E-state index contributed by atoms with van der Waals surface area (Å²) < 4.78 is 33.4. The average molecular weight is 753 g/mol. The van der Waals surface area contributed by atoms with Crippen molar-refractivity contribution in [3.8, 4) is 0 Å². The molecule has 15 heteroatoms. The summed E-state index contributed by atoms with van der Waals surface area (Å²) in [5.74, 6) is -0.359. The predicted octanol–water partition coefficient (Wildman–Crippen LogP) is 6.13. The second-order valence-corrected chi connectivity index (χ2v) is 17.2. The van der Waals surface area contributed by atoms with Crippen LogP contribution in [-0.2, 0) is 40.9 Å². The Hall–Kier alpha value is -4.86. The molecule has 0 fully saturated rings. The fraction of sp³-hybridized carbons (Fsp3) is 0.395. The summed E-state index contributed by atoms with van der Waals surface area (Å²) in [6, 6.07) is 17.6. The zero-order valence-corrected chi connectivity index (χ0v) is 32.4. The molecule has 0 spiro atoms. The van der Waals surface area contributed by atoms with Gasteiger partial charge in [0, 0.05) is 37.1 Å². The summed E-state index contributed by atoms with van der Waals surface area (Å²) in [4.78, 5) is 19.2. The number of tetrazole rings is 1. The molecular weight excluding hydrogens is 709 g/mol. The van der Waals surface area contributed by atoms with Crippen LogP contribution in [0.1, 0.15) is 78.4 Å². The molecule has 0 bridgehead atoms. The first-order chi connectivity index (χ1) is 25.4. The van der Waals surface area contributed by atoms with Crippen molar-refractivity contribution in [1.29, 1.82) is 0 Å². The molecule has 2 atom stereocenters. The van der Waals surface area contributed by atoms with E-state index >= 15 is 0 Å². The minimum atomic E-state index is -3.76. The van der Waals surface area contributed by atoms with Crippen molar-refractivity contribution in [2.75, 3.05) is 11.9 Å². The number of aromatic nitrogens is 8. The Kier molecular flexibility index (Phi) is 10.00. The van der Waals surface area contributed by atoms with Crippen LogP contribution in [-0.4, -0.2) is 65.4 Å². The quantitative estimate of drug-likeness (QED) is 0.165. The number of amides is 1. The monoisotopic (exact) mass is 752 g/mol. The van der Waals surface area contributed by atoms with Gasteiger partial charge in [-0.3, -0.25) is 10.1 Å². The van der Waals surface area contributed by atoms with Crippen molar-refractivity contribution in [2.24, 2.45) is 11.3 Å². The Morgan fingerprint density at radius 1 is 1.02 bits per heavy atom. The highest BCUT2D eigenvalue weighted by molar-refractivity contribution is 7.89. The Balaban J connectivity index is 1.30. The molecule has 0 radical (unpaired) electrons. The lowest BCUT2D eigenvalue weighted by Crippen LogP contribution is -2.38. The number of sulfonamides is 1. The molecule has 1 unspecified atom stereocenters. The van der Waals surface area contributed by atoms with E-state index in [9.17, 15) is 13.2 Å². The molecule has 6 aromatic rings. The largest absolute Gasteiger partial charge is 0.293 e. The van der Waals surface area contributed by atoms with Crippen molar-refractivity contribution in [2.45, 2.75) is 84.8 Å². The van der Waals surface area contributed by atoms with Gasteiger partial charge in [-0.05, 0) is 89.1 Å². The fourth-order valence-electron chi connectivity index (χ4n) is 7.45. The van der Waals surface area contributed by atoms with Crippen LogP contribution in [0, 0.1) is 25.2 Å². The Bertz CT molecular complexity index is 2380. The molecule has 7 rings (SSSR count). The fourth-order valence-corrected chi connectivity index (χ4v) is 9.77. The van der Waals surface area contributed by atoms with Crippen LogP contribution in [0.5, 0.6) is 0 Å². The number of hydrogen-bond donors (Lipinski definition) is 1. The number of nitrogens with zero attached hydrogens (tertiary/aromatic N) is 9. The van der Waals surface area contributed by atoms with Crippen molar-refractivity contribution in [3.05, 3.63) is 105 Å². The van der Waals surface area contributed by atoms with Gasteiger partial charge in [0.15, 0.2) is 0 Å². The number of anilines is 1. The number of hydrogen-bond acceptors (Lipinski definition) is 10. The van der Waals surface area contributed by atoms with E-state index < -0.39 is 21.4 Å². The van der Waals surface area contributed by atoms with Gasteiger partial charge in [-0.1, -0.05) is 80.0 Å². The summed E-state index contributed by atoms with van der Waals surface area (Å²) in [5, 5.41) is 26.7. The second kappa shape index (κ2) is 14.5. The maximum absolute atomic E-state index is 14.5. The number of carbonyl (C=O) groups excluding carboxylic acids is 1. The third kappa shape index (κ3) is 6.88. The van der Waals surface area contributed by atoms with E-state index in [1.54, 1.807) is 22.6 Å². The number of fused-ring (bicyclic) bond motifs is 2. The van der Waals surface area contributed by atoms with E-state index in [1.165, 1.54) is 16.0 Å². The Labute approximate surface area is 313 Å². The van der Waals surface area contributed by atoms with Gasteiger partial charge < -0.3 is 0 Å². The molecule has 1 amide bonds. The molecule has 1 aliphatic rings. The summed E-state index contributed by atoms with van der Waals surface area (Å²) in [6.07, 6.45) is 3.29. The molecule has 0 aliphatic carbocycles. The molecule has 0 saturated carbocycles. The van der Waals surface area contributed by atoms with Gasteiger partial charge in [0.05, 0.1) is 22.4 Å². The summed E-state index contributed by atoms with van der Waals surface area (Å²) >= 11 is 1.48. The van der Waals surface area contributed by atoms with Crippen molar-refractivity contribution >= 4 is 44.2 Å². The van der Waals surface area contributed by atoms with Gasteiger partial charge >= 0.3 is 0 Å². The highest BCUT2D eigenvalue weighted by Gasteiger charge is 2.41. The predicted molar refractivity (Wildman–Crippen MR) is 204 cm³/mol. The Morgan fingerprint density at radius 2 is 1.83 bits per heavy atom. The minimum absolute atomic E-state index is 0.185. The smallest absolute Gasteiger partial charge is 0.249 e. The standard InChI is InChI=1S/C38H44N10O3S2/c1-7-26-19-27-11-9-10-12-32(27)53(50,51)46(21-26)22-29-20-28(14-13-24(29)3)34(30-15-16-31-35(25(30)4)41-44-47(31)8-2)38(5,6)36(49)40-37-42-43-45-48(37)23-33-39-17-18-52-33/h9-18,20,26,34H,7-8,19,21-23H2,1-6H3,(H,40,42,45,49)/t26-,34?/m0/s1. The molecular formula is C38H44N10O3S2. The lowest BCUT2D eigenvalue weighted by atomic mass is 9.69. The number of rotatable bonds is 11. The number of thiazole rings is 1. The van der Waals surface area contributed by atoms with Crippen LogP contribution in [0.3, 0.4) is 0 Å². The van der Waals surface area contributed by atoms with Gasteiger partial charge in [-0.2, -0.15) is 4.31 Å². The van der Waals surface area contributed by atoms with Gasteiger partial charge in [0.1, 0.15) is 10.5 Å². The average Bonchev–Trinajstić information content (AvgIpc) is 3.91. The van der Waals surface area contributed by atoms with Crippen LogP contribution in [0.15, 0.2) is 71.1 Å². The first-order valence-corrected chi connectivity index (χ1v) is 20.2. The normalized spacial score (nSPS) is 16.7. The van der Waals surface area contributed by atoms with Crippen molar-refractivity contribution in [3.63, 3.8) is 0 Å². The van der Waals surface area contributed by atoms with Gasteiger partial charge in [0.2, 0.25) is 21.9 Å². The maximum Gasteiger partial charge on any atom is 0.249 e. The zero-order chi connectivity index (χ0) is 37.5. The zero-order valence-electron chi connectivity index (χ0n) is 30.8. The van der Waals surface area contributed by atoms with E-state index in [4.69, 9.17) is 0 Å². The molecule has 1 N–H and O–H groups in total. The molecule has 53 heavy (non-hydrogen) atoms. The Morgan fingerprint density at radius 3 is 2.58 bits per heavy atom. The molecule has 3 aromatic heterocycles. The molecule has 0 saturated heterocycles. The SMILES string of the molecule is CC[C@H]1Cc2ccccc2S(=O)(=O)N(Cc2cc(C(c3ccc4c(nnn4CC)c3C)C(C)(C)C(=O)Nc3nnnn3Cc3nccs3)ccc2C)C1. The number of carbonyl (C=O) groups is 1. The number of benzene rings is 3. The second-order valence-electron chi connectivity index (χ2n) is 14.3. The highest BCUT2D eigenvalue weighted by atomic mass is 32.2. The summed E-state index contributed by atoms with van der Waals surface area (Å²) in [6.45, 7) is 13.6. The topological polar surface area (TPSA) is 154 Å². The summed E-state index contributed by atoms with van der Waals surface area (Å²) in [5.41, 5.74) is 6.04. The van der Waals surface area contributed by atoms with E-state index in [2.05, 4.69) is 55.2 Å². The van der Waals surface area contributed by atoms with Gasteiger partial charge in [-0.25, -0.2) is 22.8 Å². The van der Waals surface area contributed by atoms with Crippen LogP contribution in [0.4, 0.5) is 5.95 Å². The third-order valence-corrected chi connectivity index (χ3v) is 13.3. The maximum atomic E-state index is 14.5. The molecule has 13 nitrogen and oxygen atoms in total. The number of aryl methyl sites for hydroxylation is 3. The van der Waals surface area contributed by atoms with Crippen molar-refractivity contribution < 1.29 is 13.2 Å². The van der Waals surface area contributed by atoms with Crippen molar-refractivity contribution in [1.82, 2.24) is 44.5 Å². The number of nitrogens with one attached hydrogen (secondary N) is 1. The van der Waals surface area contributed by atoms with Crippen LogP contribution in [0.2, 0.25) is 0 Å². The summed E-state index contributed by atoms with van der Waals surface area (Å²) in [7, 11) is -3.76. The van der Waals surface area contributed by atoms with E-state index in [-0.39, 0.29) is 24.3 Å². The van der Waals surface area contributed by atoms with E-state index in [1.807, 2.05) is 75.0 Å².